The standard InChI is InChI=1S/C13H24N6/c1-18(2)13-17-9-11(19(13)3)8-16-12(14)15-7-10-5-4-6-10/h9-10H,4-8H2,1-3H3,(H3,14,15,16). The number of anilines is 1. The summed E-state index contributed by atoms with van der Waals surface area (Å²) in [5.74, 6) is 2.23. The molecule has 0 spiro atoms. The van der Waals surface area contributed by atoms with Crippen molar-refractivity contribution in [3.8, 4) is 0 Å². The normalized spacial score (nSPS) is 16.3. The maximum Gasteiger partial charge on any atom is 0.204 e. The van der Waals surface area contributed by atoms with Gasteiger partial charge >= 0.3 is 0 Å². The number of imidazole rings is 1. The molecule has 1 fully saturated rings. The molecule has 1 aromatic heterocycles. The summed E-state index contributed by atoms with van der Waals surface area (Å²) in [5, 5.41) is 3.19. The zero-order chi connectivity index (χ0) is 13.8. The van der Waals surface area contributed by atoms with E-state index in [1.54, 1.807) is 0 Å². The van der Waals surface area contributed by atoms with Crippen molar-refractivity contribution in [2.24, 2.45) is 23.7 Å². The number of guanidine groups is 1. The summed E-state index contributed by atoms with van der Waals surface area (Å²) in [6, 6.07) is 0. The molecule has 1 aliphatic rings. The zero-order valence-corrected chi connectivity index (χ0v) is 12.1. The molecule has 19 heavy (non-hydrogen) atoms. The van der Waals surface area contributed by atoms with Crippen molar-refractivity contribution >= 4 is 11.9 Å². The average Bonchev–Trinajstić information content (AvgIpc) is 2.66. The number of aromatic nitrogens is 2. The van der Waals surface area contributed by atoms with Gasteiger partial charge in [0.25, 0.3) is 0 Å². The predicted molar refractivity (Wildman–Crippen MR) is 78.2 cm³/mol. The van der Waals surface area contributed by atoms with E-state index in [0.717, 1.165) is 24.1 Å². The molecule has 1 aliphatic carbocycles. The summed E-state index contributed by atoms with van der Waals surface area (Å²) in [7, 11) is 5.94. The van der Waals surface area contributed by atoms with Crippen LogP contribution in [0.4, 0.5) is 5.95 Å². The lowest BCUT2D eigenvalue weighted by atomic mass is 9.85. The van der Waals surface area contributed by atoms with Crippen LogP contribution in [-0.2, 0) is 13.6 Å². The molecule has 2 rings (SSSR count). The van der Waals surface area contributed by atoms with E-state index in [4.69, 9.17) is 5.73 Å². The number of aliphatic imine (C=N–C) groups is 1. The van der Waals surface area contributed by atoms with Crippen LogP contribution < -0.4 is 16.0 Å². The van der Waals surface area contributed by atoms with Crippen LogP contribution in [0.1, 0.15) is 25.0 Å². The molecule has 1 heterocycles. The van der Waals surface area contributed by atoms with Gasteiger partial charge in [0.2, 0.25) is 5.95 Å². The van der Waals surface area contributed by atoms with E-state index in [1.165, 1.54) is 19.3 Å². The zero-order valence-electron chi connectivity index (χ0n) is 12.1. The Bertz CT molecular complexity index is 444. The maximum absolute atomic E-state index is 5.86. The van der Waals surface area contributed by atoms with Gasteiger partial charge in [-0.3, -0.25) is 0 Å². The van der Waals surface area contributed by atoms with Crippen LogP contribution in [-0.4, -0.2) is 36.2 Å². The second kappa shape index (κ2) is 5.95. The van der Waals surface area contributed by atoms with Gasteiger partial charge in [0.1, 0.15) is 0 Å². The molecule has 106 valence electrons. The van der Waals surface area contributed by atoms with Crippen molar-refractivity contribution in [2.75, 3.05) is 25.5 Å². The molecule has 3 N–H and O–H groups in total. The van der Waals surface area contributed by atoms with E-state index in [0.29, 0.717) is 12.5 Å². The van der Waals surface area contributed by atoms with Gasteiger partial charge in [-0.2, -0.15) is 0 Å². The van der Waals surface area contributed by atoms with Gasteiger partial charge in [-0.25, -0.2) is 9.98 Å². The van der Waals surface area contributed by atoms with Gasteiger partial charge in [-0.1, -0.05) is 6.42 Å². The largest absolute Gasteiger partial charge is 0.370 e. The van der Waals surface area contributed by atoms with E-state index in [1.807, 2.05) is 36.8 Å². The molecule has 0 amide bonds. The fraction of sp³-hybridized carbons (Fsp3) is 0.692. The highest BCUT2D eigenvalue weighted by Crippen LogP contribution is 2.24. The molecule has 0 bridgehead atoms. The molecule has 1 aromatic rings. The Morgan fingerprint density at radius 3 is 2.84 bits per heavy atom. The first-order valence-electron chi connectivity index (χ1n) is 6.79. The van der Waals surface area contributed by atoms with E-state index >= 15 is 0 Å². The van der Waals surface area contributed by atoms with Crippen LogP contribution in [0.5, 0.6) is 0 Å². The van der Waals surface area contributed by atoms with E-state index in [2.05, 4.69) is 15.3 Å². The van der Waals surface area contributed by atoms with Crippen molar-refractivity contribution in [1.29, 1.82) is 0 Å². The van der Waals surface area contributed by atoms with Crippen molar-refractivity contribution in [1.82, 2.24) is 14.9 Å². The first-order valence-corrected chi connectivity index (χ1v) is 6.79. The first-order chi connectivity index (χ1) is 9.08. The van der Waals surface area contributed by atoms with Crippen molar-refractivity contribution in [3.63, 3.8) is 0 Å². The monoisotopic (exact) mass is 264 g/mol. The summed E-state index contributed by atoms with van der Waals surface area (Å²) in [6.45, 7) is 1.50. The molecule has 0 saturated heterocycles. The van der Waals surface area contributed by atoms with Crippen LogP contribution in [0, 0.1) is 5.92 Å². The highest BCUT2D eigenvalue weighted by Gasteiger charge is 2.16. The smallest absolute Gasteiger partial charge is 0.204 e. The second-order valence-corrected chi connectivity index (χ2v) is 5.38. The van der Waals surface area contributed by atoms with E-state index in [9.17, 15) is 0 Å². The molecule has 0 unspecified atom stereocenters. The third-order valence-electron chi connectivity index (χ3n) is 3.67. The Hall–Kier alpha value is -1.72. The lowest BCUT2D eigenvalue weighted by Crippen LogP contribution is -2.37. The van der Waals surface area contributed by atoms with E-state index < -0.39 is 0 Å². The summed E-state index contributed by atoms with van der Waals surface area (Å²) < 4.78 is 2.03. The molecule has 0 atom stereocenters. The van der Waals surface area contributed by atoms with Gasteiger partial charge in [0.05, 0.1) is 18.4 Å². The summed E-state index contributed by atoms with van der Waals surface area (Å²) in [4.78, 5) is 10.7. The van der Waals surface area contributed by atoms with Crippen molar-refractivity contribution < 1.29 is 0 Å². The Morgan fingerprint density at radius 1 is 1.58 bits per heavy atom. The third-order valence-corrected chi connectivity index (χ3v) is 3.67. The van der Waals surface area contributed by atoms with Gasteiger partial charge in [0, 0.05) is 27.7 Å². The third kappa shape index (κ3) is 3.39. The molecular weight excluding hydrogens is 240 g/mol. The molecule has 0 radical (unpaired) electrons. The molecular formula is C13H24N6. The van der Waals surface area contributed by atoms with Crippen LogP contribution in [0.15, 0.2) is 11.2 Å². The second-order valence-electron chi connectivity index (χ2n) is 5.38. The Kier molecular flexibility index (Phi) is 4.29. The number of hydrogen-bond acceptors (Lipinski definition) is 3. The van der Waals surface area contributed by atoms with Crippen LogP contribution in [0.2, 0.25) is 0 Å². The number of rotatable bonds is 5. The summed E-state index contributed by atoms with van der Waals surface area (Å²) >= 11 is 0. The minimum absolute atomic E-state index is 0.527. The summed E-state index contributed by atoms with van der Waals surface area (Å²) in [6.07, 6.45) is 5.83. The van der Waals surface area contributed by atoms with Crippen LogP contribution in [0.25, 0.3) is 0 Å². The highest BCUT2D eigenvalue weighted by atomic mass is 15.3. The highest BCUT2D eigenvalue weighted by molar-refractivity contribution is 5.77. The molecule has 6 nitrogen and oxygen atoms in total. The lowest BCUT2D eigenvalue weighted by Gasteiger charge is -2.25. The number of hydrogen-bond donors (Lipinski definition) is 2. The molecule has 6 heteroatoms. The summed E-state index contributed by atoms with van der Waals surface area (Å²) in [5.41, 5.74) is 6.92. The Balaban J connectivity index is 1.86. The fourth-order valence-electron chi connectivity index (χ4n) is 2.16. The van der Waals surface area contributed by atoms with E-state index in [-0.39, 0.29) is 0 Å². The SMILES string of the molecule is CN(C)c1ncc(CN=C(N)NCC2CCC2)n1C. The van der Waals surface area contributed by atoms with Gasteiger partial charge in [0.15, 0.2) is 5.96 Å². The quantitative estimate of drug-likeness (QED) is 0.606. The Morgan fingerprint density at radius 2 is 2.32 bits per heavy atom. The van der Waals surface area contributed by atoms with Crippen LogP contribution in [0.3, 0.4) is 0 Å². The van der Waals surface area contributed by atoms with Crippen molar-refractivity contribution in [2.45, 2.75) is 25.8 Å². The maximum atomic E-state index is 5.86. The predicted octanol–water partition coefficient (Wildman–Crippen LogP) is 0.690. The number of nitrogens with two attached hydrogens (primary N) is 1. The van der Waals surface area contributed by atoms with Crippen LogP contribution >= 0.6 is 0 Å². The average molecular weight is 264 g/mol. The minimum Gasteiger partial charge on any atom is -0.370 e. The topological polar surface area (TPSA) is 71.5 Å². The molecule has 1 saturated carbocycles. The Labute approximate surface area is 114 Å². The number of nitrogens with one attached hydrogen (secondary N) is 1. The first kappa shape index (κ1) is 13.7. The van der Waals surface area contributed by atoms with Crippen molar-refractivity contribution in [3.05, 3.63) is 11.9 Å². The molecule has 0 aliphatic heterocycles. The fourth-order valence-corrected chi connectivity index (χ4v) is 2.16. The van der Waals surface area contributed by atoms with Gasteiger partial charge in [-0.05, 0) is 18.8 Å². The lowest BCUT2D eigenvalue weighted by molar-refractivity contribution is 0.315. The minimum atomic E-state index is 0.527. The molecule has 0 aromatic carbocycles. The van der Waals surface area contributed by atoms with Gasteiger partial charge < -0.3 is 20.5 Å². The number of nitrogens with zero attached hydrogens (tertiary/aromatic N) is 4. The van der Waals surface area contributed by atoms with Gasteiger partial charge in [-0.15, -0.1) is 0 Å².